The number of nitrogens with one attached hydrogen (secondary N) is 1. The van der Waals surface area contributed by atoms with Crippen molar-refractivity contribution in [2.75, 3.05) is 26.2 Å². The Hall–Kier alpha value is -2.85. The number of rotatable bonds is 7. The predicted octanol–water partition coefficient (Wildman–Crippen LogP) is 1.93. The summed E-state index contributed by atoms with van der Waals surface area (Å²) >= 11 is 5.85. The summed E-state index contributed by atoms with van der Waals surface area (Å²) in [5.74, 6) is -1.73. The first-order chi connectivity index (χ1) is 15.2. The first kappa shape index (κ1) is 23.8. The number of amides is 3. The third kappa shape index (κ3) is 5.31. The second-order valence-electron chi connectivity index (χ2n) is 7.29. The highest BCUT2D eigenvalue weighted by Crippen LogP contribution is 2.20. The van der Waals surface area contributed by atoms with Gasteiger partial charge in [-0.15, -0.1) is 0 Å². The van der Waals surface area contributed by atoms with Gasteiger partial charge >= 0.3 is 0 Å². The monoisotopic (exact) mass is 481 g/mol. The second-order valence-corrected chi connectivity index (χ2v) is 9.76. The van der Waals surface area contributed by atoms with Gasteiger partial charge in [0.05, 0.1) is 11.2 Å². The average Bonchev–Trinajstić information content (AvgIpc) is 3.32. The van der Waals surface area contributed by atoms with Crippen molar-refractivity contribution in [3.63, 3.8) is 0 Å². The van der Waals surface area contributed by atoms with E-state index in [4.69, 9.17) is 16.0 Å². The van der Waals surface area contributed by atoms with E-state index in [2.05, 4.69) is 5.32 Å². The van der Waals surface area contributed by atoms with E-state index in [0.717, 1.165) is 6.42 Å². The van der Waals surface area contributed by atoms with Crippen molar-refractivity contribution < 1.29 is 27.2 Å². The number of hydrogen-bond donors (Lipinski definition) is 1. The molecular formula is C21H24ClN3O6S. The summed E-state index contributed by atoms with van der Waals surface area (Å²) in [6.07, 6.45) is 2.41. The average molecular weight is 482 g/mol. The summed E-state index contributed by atoms with van der Waals surface area (Å²) in [5, 5.41) is 0.770. The van der Waals surface area contributed by atoms with E-state index in [1.165, 1.54) is 47.6 Å². The Morgan fingerprint density at radius 3 is 2.25 bits per heavy atom. The molecule has 2 aromatic rings. The van der Waals surface area contributed by atoms with E-state index in [0.29, 0.717) is 24.5 Å². The Balaban J connectivity index is 1.84. The molecule has 3 rings (SSSR count). The van der Waals surface area contributed by atoms with Gasteiger partial charge < -0.3 is 19.5 Å². The minimum absolute atomic E-state index is 0.00365. The van der Waals surface area contributed by atoms with E-state index in [-0.39, 0.29) is 29.7 Å². The highest BCUT2D eigenvalue weighted by atomic mass is 35.5. The SMILES string of the molecule is CCCC(=O)N1CCN(C(=O)[C@H](NC(=O)c2ccco2)S(=O)(=O)c2ccc(Cl)cc2)CC1. The van der Waals surface area contributed by atoms with Gasteiger partial charge in [0.1, 0.15) is 0 Å². The highest BCUT2D eigenvalue weighted by Gasteiger charge is 2.40. The summed E-state index contributed by atoms with van der Waals surface area (Å²) in [6, 6.07) is 8.18. The maximum Gasteiger partial charge on any atom is 0.288 e. The van der Waals surface area contributed by atoms with Crippen LogP contribution in [0, 0.1) is 0 Å². The lowest BCUT2D eigenvalue weighted by Gasteiger charge is -2.36. The third-order valence-electron chi connectivity index (χ3n) is 5.09. The van der Waals surface area contributed by atoms with E-state index in [1.54, 1.807) is 4.90 Å². The van der Waals surface area contributed by atoms with Crippen LogP contribution in [-0.2, 0) is 19.4 Å². The lowest BCUT2D eigenvalue weighted by atomic mass is 10.2. The number of piperazine rings is 1. The Morgan fingerprint density at radius 2 is 1.69 bits per heavy atom. The summed E-state index contributed by atoms with van der Waals surface area (Å²) in [4.78, 5) is 40.7. The fourth-order valence-electron chi connectivity index (χ4n) is 3.34. The number of nitrogens with zero attached hydrogens (tertiary/aromatic N) is 2. The minimum atomic E-state index is -4.30. The molecule has 1 aliphatic rings. The summed E-state index contributed by atoms with van der Waals surface area (Å²) in [7, 11) is -4.30. The van der Waals surface area contributed by atoms with Crippen molar-refractivity contribution in [2.24, 2.45) is 0 Å². The third-order valence-corrected chi connectivity index (χ3v) is 7.21. The van der Waals surface area contributed by atoms with Crippen molar-refractivity contribution in [1.82, 2.24) is 15.1 Å². The molecule has 1 fully saturated rings. The fourth-order valence-corrected chi connectivity index (χ4v) is 4.93. The van der Waals surface area contributed by atoms with Gasteiger partial charge in [-0.2, -0.15) is 0 Å². The number of furan rings is 1. The van der Waals surface area contributed by atoms with Crippen LogP contribution >= 0.6 is 11.6 Å². The lowest BCUT2D eigenvalue weighted by molar-refractivity contribution is -0.139. The van der Waals surface area contributed by atoms with Crippen molar-refractivity contribution in [2.45, 2.75) is 30.0 Å². The van der Waals surface area contributed by atoms with Gasteiger partial charge in [0.15, 0.2) is 5.76 Å². The predicted molar refractivity (Wildman–Crippen MR) is 117 cm³/mol. The summed E-state index contributed by atoms with van der Waals surface area (Å²) in [5.41, 5.74) is 0. The molecule has 9 nitrogen and oxygen atoms in total. The highest BCUT2D eigenvalue weighted by molar-refractivity contribution is 7.92. The molecule has 0 saturated carbocycles. The zero-order valence-electron chi connectivity index (χ0n) is 17.5. The van der Waals surface area contributed by atoms with Gasteiger partial charge in [0.25, 0.3) is 11.8 Å². The van der Waals surface area contributed by atoms with Crippen LogP contribution in [0.4, 0.5) is 0 Å². The molecule has 3 amide bonds. The fraction of sp³-hybridized carbons (Fsp3) is 0.381. The van der Waals surface area contributed by atoms with Gasteiger partial charge in [-0.3, -0.25) is 14.4 Å². The summed E-state index contributed by atoms with van der Waals surface area (Å²) in [6.45, 7) is 2.83. The molecular weight excluding hydrogens is 458 g/mol. The van der Waals surface area contributed by atoms with Gasteiger partial charge in [-0.05, 0) is 42.8 Å². The number of halogens is 1. The lowest BCUT2D eigenvalue weighted by Crippen LogP contribution is -2.57. The Bertz CT molecular complexity index is 1060. The van der Waals surface area contributed by atoms with Crippen LogP contribution < -0.4 is 5.32 Å². The van der Waals surface area contributed by atoms with E-state index >= 15 is 0 Å². The molecule has 1 N–H and O–H groups in total. The molecule has 1 saturated heterocycles. The smallest absolute Gasteiger partial charge is 0.288 e. The quantitative estimate of drug-likeness (QED) is 0.645. The van der Waals surface area contributed by atoms with Gasteiger partial charge in [-0.25, -0.2) is 8.42 Å². The zero-order valence-corrected chi connectivity index (χ0v) is 19.1. The number of hydrogen-bond acceptors (Lipinski definition) is 6. The number of sulfone groups is 1. The summed E-state index contributed by atoms with van der Waals surface area (Å²) < 4.78 is 31.6. The van der Waals surface area contributed by atoms with Crippen molar-refractivity contribution in [3.05, 3.63) is 53.4 Å². The molecule has 1 atom stereocenters. The molecule has 0 unspecified atom stereocenters. The molecule has 172 valence electrons. The molecule has 0 spiro atoms. The maximum absolute atomic E-state index is 13.3. The molecule has 1 aromatic heterocycles. The first-order valence-corrected chi connectivity index (χ1v) is 12.1. The molecule has 0 aliphatic carbocycles. The minimum Gasteiger partial charge on any atom is -0.459 e. The molecule has 1 aliphatic heterocycles. The van der Waals surface area contributed by atoms with Crippen LogP contribution in [0.3, 0.4) is 0 Å². The van der Waals surface area contributed by atoms with Crippen LogP contribution in [0.25, 0.3) is 0 Å². The first-order valence-electron chi connectivity index (χ1n) is 10.1. The zero-order chi connectivity index (χ0) is 23.3. The largest absolute Gasteiger partial charge is 0.459 e. The van der Waals surface area contributed by atoms with Crippen LogP contribution in [0.2, 0.25) is 5.02 Å². The molecule has 1 aromatic carbocycles. The van der Waals surface area contributed by atoms with Crippen molar-refractivity contribution >= 4 is 39.2 Å². The molecule has 11 heteroatoms. The molecule has 0 radical (unpaired) electrons. The standard InChI is InChI=1S/C21H24ClN3O6S/c1-2-4-18(26)24-10-12-25(13-11-24)21(28)20(23-19(27)17-5-3-14-31-17)32(29,30)16-8-6-15(22)7-9-16/h3,5-9,14,20H,2,4,10-13H2,1H3,(H,23,27)/t20-/m1/s1. The van der Waals surface area contributed by atoms with Gasteiger partial charge in [-0.1, -0.05) is 18.5 Å². The van der Waals surface area contributed by atoms with Crippen molar-refractivity contribution in [3.8, 4) is 0 Å². The molecule has 2 heterocycles. The molecule has 0 bridgehead atoms. The van der Waals surface area contributed by atoms with Crippen LogP contribution in [0.5, 0.6) is 0 Å². The number of carbonyl (C=O) groups excluding carboxylic acids is 3. The normalized spacial score (nSPS) is 15.3. The van der Waals surface area contributed by atoms with E-state index in [1.807, 2.05) is 6.92 Å². The Morgan fingerprint density at radius 1 is 1.06 bits per heavy atom. The van der Waals surface area contributed by atoms with E-state index in [9.17, 15) is 22.8 Å². The van der Waals surface area contributed by atoms with Crippen LogP contribution in [0.1, 0.15) is 30.3 Å². The van der Waals surface area contributed by atoms with Crippen LogP contribution in [-0.4, -0.2) is 67.5 Å². The van der Waals surface area contributed by atoms with E-state index < -0.39 is 27.0 Å². The number of carbonyl (C=O) groups is 3. The van der Waals surface area contributed by atoms with Gasteiger partial charge in [0.2, 0.25) is 21.1 Å². The number of benzene rings is 1. The molecule has 32 heavy (non-hydrogen) atoms. The maximum atomic E-state index is 13.3. The Kier molecular flexibility index (Phi) is 7.57. The van der Waals surface area contributed by atoms with Crippen LogP contribution in [0.15, 0.2) is 52.0 Å². The topological polar surface area (TPSA) is 117 Å². The van der Waals surface area contributed by atoms with Gasteiger partial charge in [0, 0.05) is 37.6 Å². The van der Waals surface area contributed by atoms with Crippen molar-refractivity contribution in [1.29, 1.82) is 0 Å². The Labute approximate surface area is 191 Å². The second kappa shape index (κ2) is 10.2.